The highest BCUT2D eigenvalue weighted by atomic mass is 35.5. The summed E-state index contributed by atoms with van der Waals surface area (Å²) >= 11 is 20.0. The van der Waals surface area contributed by atoms with Gasteiger partial charge in [0.05, 0.1) is 20.3 Å². The molecule has 0 spiro atoms. The molecule has 0 N–H and O–H groups in total. The number of piperazine rings is 1. The topological polar surface area (TPSA) is 36.4 Å². The number of nitrogens with zero attached hydrogens (tertiary/aromatic N) is 3. The molecule has 4 rings (SSSR count). The van der Waals surface area contributed by atoms with Gasteiger partial charge in [0.2, 0.25) is 0 Å². The van der Waals surface area contributed by atoms with Crippen LogP contribution in [-0.4, -0.2) is 42.0 Å². The van der Waals surface area contributed by atoms with Gasteiger partial charge in [-0.05, 0) is 30.3 Å². The van der Waals surface area contributed by atoms with Crippen LogP contribution in [0.5, 0.6) is 0 Å². The van der Waals surface area contributed by atoms with Crippen molar-refractivity contribution in [1.29, 1.82) is 0 Å². The molecule has 2 aromatic carbocycles. The van der Waals surface area contributed by atoms with Gasteiger partial charge in [-0.3, -0.25) is 4.79 Å². The molecule has 0 bridgehead atoms. The molecule has 1 amide bonds. The lowest BCUT2D eigenvalue weighted by Gasteiger charge is -2.34. The van der Waals surface area contributed by atoms with E-state index < -0.39 is 0 Å². The smallest absolute Gasteiger partial charge is 0.255 e. The number of hydrogen-bond donors (Lipinski definition) is 0. The monoisotopic (exact) mass is 425 g/mol. The summed E-state index contributed by atoms with van der Waals surface area (Å²) in [7, 11) is 0. The molecule has 134 valence electrons. The minimum absolute atomic E-state index is 0.0931. The third kappa shape index (κ3) is 3.37. The molecule has 0 radical (unpaired) electrons. The molecular formula is C18H14Cl3N3OS. The summed E-state index contributed by atoms with van der Waals surface area (Å²) in [5.41, 5.74) is 1.28. The van der Waals surface area contributed by atoms with E-state index in [1.54, 1.807) is 34.4 Å². The lowest BCUT2D eigenvalue weighted by Crippen LogP contribution is -2.48. The minimum Gasteiger partial charge on any atom is -0.345 e. The Kier molecular flexibility index (Phi) is 4.97. The molecule has 1 fully saturated rings. The Hall–Kier alpha value is -1.53. The quantitative estimate of drug-likeness (QED) is 0.564. The van der Waals surface area contributed by atoms with Crippen molar-refractivity contribution >= 4 is 67.4 Å². The Bertz CT molecular complexity index is 983. The van der Waals surface area contributed by atoms with Crippen LogP contribution in [0, 0.1) is 0 Å². The van der Waals surface area contributed by atoms with Crippen LogP contribution >= 0.6 is 46.1 Å². The number of carbonyl (C=O) groups excluding carboxylic acids is 1. The molecule has 3 aromatic rings. The predicted octanol–water partition coefficient (Wildman–Crippen LogP) is 5.22. The van der Waals surface area contributed by atoms with Crippen LogP contribution in [-0.2, 0) is 0 Å². The molecule has 4 nitrogen and oxygen atoms in total. The molecule has 0 saturated carbocycles. The molecule has 1 aromatic heterocycles. The molecule has 2 heterocycles. The van der Waals surface area contributed by atoms with Crippen LogP contribution in [0.25, 0.3) is 10.2 Å². The van der Waals surface area contributed by atoms with Crippen molar-refractivity contribution < 1.29 is 4.79 Å². The molecule has 1 aliphatic heterocycles. The van der Waals surface area contributed by atoms with Gasteiger partial charge in [-0.15, -0.1) is 0 Å². The number of benzene rings is 2. The van der Waals surface area contributed by atoms with Gasteiger partial charge in [0.25, 0.3) is 5.91 Å². The number of para-hydroxylation sites is 1. The number of rotatable bonds is 2. The Morgan fingerprint density at radius 2 is 1.77 bits per heavy atom. The fourth-order valence-electron chi connectivity index (χ4n) is 2.97. The average Bonchev–Trinajstić information content (AvgIpc) is 3.09. The van der Waals surface area contributed by atoms with E-state index in [9.17, 15) is 4.79 Å². The lowest BCUT2D eigenvalue weighted by molar-refractivity contribution is 0.0747. The maximum atomic E-state index is 12.7. The zero-order valence-electron chi connectivity index (χ0n) is 13.6. The molecular weight excluding hydrogens is 413 g/mol. The fourth-order valence-corrected chi connectivity index (χ4v) is 4.66. The Labute approximate surface area is 169 Å². The van der Waals surface area contributed by atoms with Crippen LogP contribution in [0.15, 0.2) is 36.4 Å². The van der Waals surface area contributed by atoms with E-state index in [2.05, 4.69) is 9.88 Å². The normalized spacial score (nSPS) is 14.9. The van der Waals surface area contributed by atoms with Crippen molar-refractivity contribution in [3.8, 4) is 0 Å². The zero-order chi connectivity index (χ0) is 18.3. The first kappa shape index (κ1) is 17.9. The highest BCUT2D eigenvalue weighted by molar-refractivity contribution is 7.22. The van der Waals surface area contributed by atoms with Gasteiger partial charge in [0.15, 0.2) is 5.13 Å². The van der Waals surface area contributed by atoms with E-state index in [4.69, 9.17) is 34.8 Å². The van der Waals surface area contributed by atoms with Crippen LogP contribution < -0.4 is 4.90 Å². The maximum Gasteiger partial charge on any atom is 0.255 e. The number of anilines is 1. The van der Waals surface area contributed by atoms with E-state index in [-0.39, 0.29) is 5.91 Å². The largest absolute Gasteiger partial charge is 0.345 e. The summed E-state index contributed by atoms with van der Waals surface area (Å²) in [5, 5.41) is 2.51. The summed E-state index contributed by atoms with van der Waals surface area (Å²) in [6, 6.07) is 10.7. The Morgan fingerprint density at radius 3 is 2.50 bits per heavy atom. The van der Waals surface area contributed by atoms with Crippen molar-refractivity contribution in [3.05, 3.63) is 57.0 Å². The van der Waals surface area contributed by atoms with Crippen molar-refractivity contribution in [1.82, 2.24) is 9.88 Å². The van der Waals surface area contributed by atoms with Gasteiger partial charge >= 0.3 is 0 Å². The van der Waals surface area contributed by atoms with Gasteiger partial charge < -0.3 is 9.80 Å². The first-order valence-electron chi connectivity index (χ1n) is 8.07. The Morgan fingerprint density at radius 1 is 1.00 bits per heavy atom. The summed E-state index contributed by atoms with van der Waals surface area (Å²) < 4.78 is 1.07. The van der Waals surface area contributed by atoms with Gasteiger partial charge in [-0.2, -0.15) is 0 Å². The van der Waals surface area contributed by atoms with E-state index in [0.29, 0.717) is 46.8 Å². The molecule has 0 atom stereocenters. The van der Waals surface area contributed by atoms with Crippen molar-refractivity contribution in [2.45, 2.75) is 0 Å². The third-order valence-corrected chi connectivity index (χ3v) is 6.31. The minimum atomic E-state index is -0.0931. The van der Waals surface area contributed by atoms with E-state index in [1.165, 1.54) is 0 Å². The highest BCUT2D eigenvalue weighted by Crippen LogP contribution is 2.33. The van der Waals surface area contributed by atoms with Crippen LogP contribution in [0.3, 0.4) is 0 Å². The molecule has 0 aliphatic carbocycles. The van der Waals surface area contributed by atoms with Crippen LogP contribution in [0.1, 0.15) is 10.4 Å². The van der Waals surface area contributed by atoms with Crippen LogP contribution in [0.2, 0.25) is 15.1 Å². The summed E-state index contributed by atoms with van der Waals surface area (Å²) in [6.45, 7) is 2.62. The van der Waals surface area contributed by atoms with E-state index >= 15 is 0 Å². The van der Waals surface area contributed by atoms with Crippen molar-refractivity contribution in [3.63, 3.8) is 0 Å². The predicted molar refractivity (Wildman–Crippen MR) is 109 cm³/mol. The Balaban J connectivity index is 1.49. The number of hydrogen-bond acceptors (Lipinski definition) is 4. The number of thiazole rings is 1. The SMILES string of the molecule is O=C(c1cc(Cl)ccc1Cl)N1CCN(c2nc3c(Cl)cccc3s2)CC1. The van der Waals surface area contributed by atoms with E-state index in [1.807, 2.05) is 18.2 Å². The van der Waals surface area contributed by atoms with Crippen molar-refractivity contribution in [2.75, 3.05) is 31.1 Å². The first-order valence-corrected chi connectivity index (χ1v) is 10.0. The molecule has 26 heavy (non-hydrogen) atoms. The number of halogens is 3. The first-order chi connectivity index (χ1) is 12.5. The van der Waals surface area contributed by atoms with Crippen molar-refractivity contribution in [2.24, 2.45) is 0 Å². The highest BCUT2D eigenvalue weighted by Gasteiger charge is 2.25. The van der Waals surface area contributed by atoms with E-state index in [0.717, 1.165) is 15.3 Å². The average molecular weight is 427 g/mol. The zero-order valence-corrected chi connectivity index (χ0v) is 16.7. The standard InChI is InChI=1S/C18H14Cl3N3OS/c19-11-4-5-13(20)12(10-11)17(25)23-6-8-24(9-7-23)18-22-16-14(21)2-1-3-15(16)26-18/h1-5,10H,6-9H2. The summed E-state index contributed by atoms with van der Waals surface area (Å²) in [4.78, 5) is 21.4. The lowest BCUT2D eigenvalue weighted by atomic mass is 10.2. The fraction of sp³-hybridized carbons (Fsp3) is 0.222. The second-order valence-electron chi connectivity index (χ2n) is 5.99. The second kappa shape index (κ2) is 7.24. The summed E-state index contributed by atoms with van der Waals surface area (Å²) in [5.74, 6) is -0.0931. The molecule has 0 unspecified atom stereocenters. The number of carbonyl (C=O) groups is 1. The summed E-state index contributed by atoms with van der Waals surface area (Å²) in [6.07, 6.45) is 0. The van der Waals surface area contributed by atoms with Crippen LogP contribution in [0.4, 0.5) is 5.13 Å². The molecule has 1 aliphatic rings. The number of fused-ring (bicyclic) bond motifs is 1. The molecule has 8 heteroatoms. The molecule has 1 saturated heterocycles. The number of aromatic nitrogens is 1. The second-order valence-corrected chi connectivity index (χ2v) is 8.25. The van der Waals surface area contributed by atoms with Gasteiger partial charge in [0, 0.05) is 31.2 Å². The van der Waals surface area contributed by atoms with Gasteiger partial charge in [-0.1, -0.05) is 52.2 Å². The number of amides is 1. The third-order valence-electron chi connectivity index (χ3n) is 4.35. The van der Waals surface area contributed by atoms with Gasteiger partial charge in [0.1, 0.15) is 5.52 Å². The maximum absolute atomic E-state index is 12.7. The van der Waals surface area contributed by atoms with Gasteiger partial charge in [-0.25, -0.2) is 4.98 Å².